The van der Waals surface area contributed by atoms with Crippen molar-refractivity contribution in [3.05, 3.63) is 58.6 Å². The van der Waals surface area contributed by atoms with Crippen LogP contribution in [0.1, 0.15) is 5.56 Å². The van der Waals surface area contributed by atoms with E-state index in [9.17, 15) is 13.2 Å². The quantitative estimate of drug-likeness (QED) is 0.672. The zero-order chi connectivity index (χ0) is 20.0. The number of morpholine rings is 1. The molecule has 0 aliphatic carbocycles. The van der Waals surface area contributed by atoms with Crippen molar-refractivity contribution >= 4 is 31.9 Å². The van der Waals surface area contributed by atoms with Gasteiger partial charge in [-0.25, -0.2) is 8.42 Å². The fourth-order valence-corrected chi connectivity index (χ4v) is 4.48. The predicted octanol–water partition coefficient (Wildman–Crippen LogP) is 2.17. The third kappa shape index (κ3) is 5.32. The molecule has 150 valence electrons. The maximum absolute atomic E-state index is 12.6. The molecule has 2 aromatic carbocycles. The van der Waals surface area contributed by atoms with Crippen LogP contribution in [0.4, 0.5) is 0 Å². The van der Waals surface area contributed by atoms with Gasteiger partial charge in [-0.05, 0) is 45.8 Å². The number of hydrogen-bond donors (Lipinski definition) is 1. The van der Waals surface area contributed by atoms with Gasteiger partial charge in [-0.1, -0.05) is 24.3 Å². The minimum Gasteiger partial charge on any atom is -0.483 e. The molecule has 0 unspecified atom stereocenters. The van der Waals surface area contributed by atoms with E-state index >= 15 is 0 Å². The van der Waals surface area contributed by atoms with Gasteiger partial charge >= 0.3 is 0 Å². The van der Waals surface area contributed by atoms with Gasteiger partial charge in [-0.3, -0.25) is 4.79 Å². The van der Waals surface area contributed by atoms with Crippen LogP contribution in [0, 0.1) is 0 Å². The van der Waals surface area contributed by atoms with Gasteiger partial charge in [-0.2, -0.15) is 4.31 Å². The molecule has 1 heterocycles. The SMILES string of the molecule is O=C(COc1ccccc1Br)NCc1ccc(S(=O)(=O)N2CCOCC2)cc1. The van der Waals surface area contributed by atoms with E-state index in [1.807, 2.05) is 18.2 Å². The average molecular weight is 469 g/mol. The standard InChI is InChI=1S/C19H21BrN2O5S/c20-17-3-1-2-4-18(17)27-14-19(23)21-13-15-5-7-16(8-6-15)28(24,25)22-9-11-26-12-10-22/h1-8H,9-14H2,(H,21,23). The number of sulfonamides is 1. The molecule has 0 spiro atoms. The second-order valence-corrected chi connectivity index (χ2v) is 8.95. The number of benzene rings is 2. The van der Waals surface area contributed by atoms with Crippen LogP contribution in [-0.4, -0.2) is 51.5 Å². The Bertz CT molecular complexity index is 912. The van der Waals surface area contributed by atoms with Gasteiger partial charge < -0.3 is 14.8 Å². The largest absolute Gasteiger partial charge is 0.483 e. The zero-order valence-electron chi connectivity index (χ0n) is 15.1. The Kier molecular flexibility index (Phi) is 7.06. The molecule has 0 bridgehead atoms. The summed E-state index contributed by atoms with van der Waals surface area (Å²) in [6.07, 6.45) is 0. The maximum atomic E-state index is 12.6. The molecule has 1 aliphatic rings. The second kappa shape index (κ2) is 9.51. The smallest absolute Gasteiger partial charge is 0.258 e. The minimum absolute atomic E-state index is 0.105. The first-order valence-electron chi connectivity index (χ1n) is 8.78. The Balaban J connectivity index is 1.51. The fraction of sp³-hybridized carbons (Fsp3) is 0.316. The Morgan fingerprint density at radius 1 is 1.11 bits per heavy atom. The summed E-state index contributed by atoms with van der Waals surface area (Å²) in [5.41, 5.74) is 0.801. The lowest BCUT2D eigenvalue weighted by Crippen LogP contribution is -2.40. The number of amides is 1. The van der Waals surface area contributed by atoms with E-state index in [-0.39, 0.29) is 24.0 Å². The molecule has 0 atom stereocenters. The summed E-state index contributed by atoms with van der Waals surface area (Å²) in [6.45, 7) is 1.72. The van der Waals surface area contributed by atoms with Gasteiger partial charge in [0.1, 0.15) is 5.75 Å². The zero-order valence-corrected chi connectivity index (χ0v) is 17.5. The topological polar surface area (TPSA) is 84.9 Å². The van der Waals surface area contributed by atoms with Crippen LogP contribution in [0.3, 0.4) is 0 Å². The highest BCUT2D eigenvalue weighted by molar-refractivity contribution is 9.10. The maximum Gasteiger partial charge on any atom is 0.258 e. The number of carbonyl (C=O) groups excluding carboxylic acids is 1. The lowest BCUT2D eigenvalue weighted by Gasteiger charge is -2.26. The highest BCUT2D eigenvalue weighted by atomic mass is 79.9. The molecule has 2 aromatic rings. The summed E-state index contributed by atoms with van der Waals surface area (Å²) in [5.74, 6) is 0.330. The van der Waals surface area contributed by atoms with Crippen LogP contribution in [0.2, 0.25) is 0 Å². The van der Waals surface area contributed by atoms with Gasteiger partial charge in [0.05, 0.1) is 22.6 Å². The van der Waals surface area contributed by atoms with Crippen LogP contribution in [-0.2, 0) is 26.1 Å². The van der Waals surface area contributed by atoms with E-state index in [1.54, 1.807) is 30.3 Å². The van der Waals surface area contributed by atoms with Crippen LogP contribution in [0.15, 0.2) is 57.9 Å². The van der Waals surface area contributed by atoms with Crippen LogP contribution < -0.4 is 10.1 Å². The molecule has 28 heavy (non-hydrogen) atoms. The molecule has 0 aromatic heterocycles. The molecule has 1 N–H and O–H groups in total. The van der Waals surface area contributed by atoms with E-state index in [1.165, 1.54) is 4.31 Å². The fourth-order valence-electron chi connectivity index (χ4n) is 2.67. The highest BCUT2D eigenvalue weighted by Crippen LogP contribution is 2.23. The van der Waals surface area contributed by atoms with Crippen molar-refractivity contribution in [2.24, 2.45) is 0 Å². The first-order valence-corrected chi connectivity index (χ1v) is 11.0. The van der Waals surface area contributed by atoms with Crippen LogP contribution in [0.25, 0.3) is 0 Å². The molecule has 1 fully saturated rings. The van der Waals surface area contributed by atoms with E-state index in [4.69, 9.17) is 9.47 Å². The van der Waals surface area contributed by atoms with Crippen molar-refractivity contribution in [2.75, 3.05) is 32.9 Å². The molecule has 0 saturated carbocycles. The molecular weight excluding hydrogens is 448 g/mol. The Morgan fingerprint density at radius 3 is 2.46 bits per heavy atom. The molecule has 0 radical (unpaired) electrons. The molecule has 1 amide bonds. The number of nitrogens with one attached hydrogen (secondary N) is 1. The average Bonchev–Trinajstić information content (AvgIpc) is 2.72. The van der Waals surface area contributed by atoms with Gasteiger partial charge in [0, 0.05) is 19.6 Å². The Hall–Kier alpha value is -1.94. The number of carbonyl (C=O) groups is 1. The normalized spacial score (nSPS) is 15.2. The molecule has 9 heteroatoms. The van der Waals surface area contributed by atoms with E-state index in [0.717, 1.165) is 10.0 Å². The van der Waals surface area contributed by atoms with Crippen molar-refractivity contribution in [2.45, 2.75) is 11.4 Å². The van der Waals surface area contributed by atoms with Crippen molar-refractivity contribution in [3.63, 3.8) is 0 Å². The summed E-state index contributed by atoms with van der Waals surface area (Å²) in [5, 5.41) is 2.75. The van der Waals surface area contributed by atoms with Crippen molar-refractivity contribution in [1.29, 1.82) is 0 Å². The van der Waals surface area contributed by atoms with Gasteiger partial charge in [-0.15, -0.1) is 0 Å². The number of ether oxygens (including phenoxy) is 2. The minimum atomic E-state index is -3.51. The second-order valence-electron chi connectivity index (χ2n) is 6.16. The highest BCUT2D eigenvalue weighted by Gasteiger charge is 2.26. The van der Waals surface area contributed by atoms with Crippen LogP contribution in [0.5, 0.6) is 5.75 Å². The summed E-state index contributed by atoms with van der Waals surface area (Å²) in [4.78, 5) is 12.2. The van der Waals surface area contributed by atoms with Gasteiger partial charge in [0.25, 0.3) is 5.91 Å². The van der Waals surface area contributed by atoms with Gasteiger partial charge in [0.15, 0.2) is 6.61 Å². The number of nitrogens with zero attached hydrogens (tertiary/aromatic N) is 1. The molecule has 1 aliphatic heterocycles. The summed E-state index contributed by atoms with van der Waals surface area (Å²) >= 11 is 3.36. The van der Waals surface area contributed by atoms with Crippen molar-refractivity contribution in [1.82, 2.24) is 9.62 Å². The van der Waals surface area contributed by atoms with E-state index in [0.29, 0.717) is 32.1 Å². The third-order valence-corrected chi connectivity index (χ3v) is 6.78. The lowest BCUT2D eigenvalue weighted by atomic mass is 10.2. The third-order valence-electron chi connectivity index (χ3n) is 4.22. The monoisotopic (exact) mass is 468 g/mol. The van der Waals surface area contributed by atoms with Crippen LogP contribution >= 0.6 is 15.9 Å². The Labute approximate surface area is 172 Å². The van der Waals surface area contributed by atoms with E-state index in [2.05, 4.69) is 21.2 Å². The lowest BCUT2D eigenvalue weighted by molar-refractivity contribution is -0.123. The molecule has 1 saturated heterocycles. The molecular formula is C19H21BrN2O5S. The number of rotatable bonds is 7. The first kappa shape index (κ1) is 20.8. The summed E-state index contributed by atoms with van der Waals surface area (Å²) in [7, 11) is -3.51. The first-order chi connectivity index (χ1) is 13.5. The van der Waals surface area contributed by atoms with E-state index < -0.39 is 10.0 Å². The van der Waals surface area contributed by atoms with Crippen molar-refractivity contribution < 1.29 is 22.7 Å². The summed E-state index contributed by atoms with van der Waals surface area (Å²) < 4.78 is 38.0. The number of hydrogen-bond acceptors (Lipinski definition) is 5. The predicted molar refractivity (Wildman–Crippen MR) is 108 cm³/mol. The molecule has 3 rings (SSSR count). The summed E-state index contributed by atoms with van der Waals surface area (Å²) in [6, 6.07) is 13.8. The van der Waals surface area contributed by atoms with Gasteiger partial charge in [0.2, 0.25) is 10.0 Å². The number of halogens is 1. The van der Waals surface area contributed by atoms with Crippen molar-refractivity contribution in [3.8, 4) is 5.75 Å². The Morgan fingerprint density at radius 2 is 1.79 bits per heavy atom. The molecule has 7 nitrogen and oxygen atoms in total. The number of para-hydroxylation sites is 1.